The quantitative estimate of drug-likeness (QED) is 0.691. The van der Waals surface area contributed by atoms with Crippen molar-refractivity contribution in [2.24, 2.45) is 0 Å². The van der Waals surface area contributed by atoms with Crippen molar-refractivity contribution in [2.45, 2.75) is 53.0 Å². The van der Waals surface area contributed by atoms with Crippen molar-refractivity contribution >= 4 is 23.2 Å². The highest BCUT2D eigenvalue weighted by Gasteiger charge is 2.13. The fraction of sp³-hybridized carbons (Fsp3) is 0.391. The third-order valence-electron chi connectivity index (χ3n) is 4.38. The highest BCUT2D eigenvalue weighted by atomic mass is 16.2. The molecule has 0 aliphatic rings. The molecule has 0 saturated heterocycles. The SMILES string of the molecule is Cc1cc(C(=O)NC(C)C)ccc1NCC(=O)Nc1ccc(C(C)(C)C)cc1. The number of rotatable bonds is 6. The normalized spacial score (nSPS) is 11.2. The zero-order valence-corrected chi connectivity index (χ0v) is 17.6. The van der Waals surface area contributed by atoms with E-state index in [-0.39, 0.29) is 29.8 Å². The molecule has 0 aliphatic heterocycles. The highest BCUT2D eigenvalue weighted by Crippen LogP contribution is 2.23. The molecule has 0 bridgehead atoms. The number of amides is 2. The third kappa shape index (κ3) is 6.12. The monoisotopic (exact) mass is 381 g/mol. The maximum atomic E-state index is 12.2. The maximum absolute atomic E-state index is 12.2. The van der Waals surface area contributed by atoms with E-state index in [4.69, 9.17) is 0 Å². The zero-order chi connectivity index (χ0) is 20.9. The Morgan fingerprint density at radius 3 is 2.18 bits per heavy atom. The van der Waals surface area contributed by atoms with E-state index >= 15 is 0 Å². The molecule has 2 rings (SSSR count). The van der Waals surface area contributed by atoms with Gasteiger partial charge in [-0.3, -0.25) is 9.59 Å². The zero-order valence-electron chi connectivity index (χ0n) is 17.6. The van der Waals surface area contributed by atoms with Crippen molar-refractivity contribution in [3.63, 3.8) is 0 Å². The Kier molecular flexibility index (Phi) is 6.84. The summed E-state index contributed by atoms with van der Waals surface area (Å²) in [5.41, 5.74) is 4.44. The van der Waals surface area contributed by atoms with E-state index in [0.29, 0.717) is 5.56 Å². The first-order valence-electron chi connectivity index (χ1n) is 9.62. The lowest BCUT2D eigenvalue weighted by Gasteiger charge is -2.19. The lowest BCUT2D eigenvalue weighted by atomic mass is 9.87. The number of carbonyl (C=O) groups excluding carboxylic acids is 2. The van der Waals surface area contributed by atoms with Crippen molar-refractivity contribution in [2.75, 3.05) is 17.2 Å². The molecule has 5 nitrogen and oxygen atoms in total. The van der Waals surface area contributed by atoms with Crippen LogP contribution in [0.2, 0.25) is 0 Å². The Hall–Kier alpha value is -2.82. The molecule has 150 valence electrons. The van der Waals surface area contributed by atoms with Gasteiger partial charge in [0.1, 0.15) is 0 Å². The van der Waals surface area contributed by atoms with Gasteiger partial charge in [-0.25, -0.2) is 0 Å². The second-order valence-electron chi connectivity index (χ2n) is 8.39. The molecule has 0 unspecified atom stereocenters. The summed E-state index contributed by atoms with van der Waals surface area (Å²) in [5.74, 6) is -0.217. The molecule has 3 N–H and O–H groups in total. The number of carbonyl (C=O) groups is 2. The van der Waals surface area contributed by atoms with Gasteiger partial charge >= 0.3 is 0 Å². The molecule has 0 aliphatic carbocycles. The van der Waals surface area contributed by atoms with Gasteiger partial charge < -0.3 is 16.0 Å². The van der Waals surface area contributed by atoms with Crippen LogP contribution in [0.4, 0.5) is 11.4 Å². The smallest absolute Gasteiger partial charge is 0.251 e. The summed E-state index contributed by atoms with van der Waals surface area (Å²) in [5, 5.41) is 8.90. The molecule has 0 radical (unpaired) electrons. The van der Waals surface area contributed by atoms with Crippen molar-refractivity contribution in [3.05, 3.63) is 59.2 Å². The summed E-state index contributed by atoms with van der Waals surface area (Å²) >= 11 is 0. The van der Waals surface area contributed by atoms with Crippen LogP contribution in [-0.2, 0) is 10.2 Å². The lowest BCUT2D eigenvalue weighted by Crippen LogP contribution is -2.30. The predicted molar refractivity (Wildman–Crippen MR) is 116 cm³/mol. The fourth-order valence-electron chi connectivity index (χ4n) is 2.78. The van der Waals surface area contributed by atoms with Gasteiger partial charge in [-0.1, -0.05) is 32.9 Å². The van der Waals surface area contributed by atoms with E-state index < -0.39 is 0 Å². The molecular weight excluding hydrogens is 350 g/mol. The van der Waals surface area contributed by atoms with Crippen LogP contribution in [0.5, 0.6) is 0 Å². The molecule has 2 amide bonds. The predicted octanol–water partition coefficient (Wildman–Crippen LogP) is 4.48. The van der Waals surface area contributed by atoms with Crippen LogP contribution in [-0.4, -0.2) is 24.4 Å². The Labute approximate surface area is 167 Å². The fourth-order valence-corrected chi connectivity index (χ4v) is 2.78. The molecule has 0 fully saturated rings. The standard InChI is InChI=1S/C23H31N3O2/c1-15(2)25-22(28)17-7-12-20(16(3)13-17)24-14-21(27)26-19-10-8-18(9-11-19)23(4,5)6/h7-13,15,24H,14H2,1-6H3,(H,25,28)(H,26,27). The summed E-state index contributed by atoms with van der Waals surface area (Å²) in [6.07, 6.45) is 0. The van der Waals surface area contributed by atoms with Crippen LogP contribution in [0, 0.1) is 6.92 Å². The van der Waals surface area contributed by atoms with Crippen LogP contribution in [0.1, 0.15) is 56.1 Å². The molecule has 0 heterocycles. The molecule has 28 heavy (non-hydrogen) atoms. The van der Waals surface area contributed by atoms with Crippen LogP contribution in [0.15, 0.2) is 42.5 Å². The minimum Gasteiger partial charge on any atom is -0.376 e. The topological polar surface area (TPSA) is 70.2 Å². The van der Waals surface area contributed by atoms with Gasteiger partial charge in [0, 0.05) is 23.0 Å². The van der Waals surface area contributed by atoms with E-state index in [9.17, 15) is 9.59 Å². The van der Waals surface area contributed by atoms with Crippen LogP contribution in [0.25, 0.3) is 0 Å². The van der Waals surface area contributed by atoms with Crippen molar-refractivity contribution < 1.29 is 9.59 Å². The number of aryl methyl sites for hydroxylation is 1. The van der Waals surface area contributed by atoms with Gasteiger partial charge in [0.15, 0.2) is 0 Å². The number of nitrogens with one attached hydrogen (secondary N) is 3. The summed E-state index contributed by atoms with van der Waals surface area (Å²) in [4.78, 5) is 24.3. The third-order valence-corrected chi connectivity index (χ3v) is 4.38. The lowest BCUT2D eigenvalue weighted by molar-refractivity contribution is -0.114. The second kappa shape index (κ2) is 8.91. The Morgan fingerprint density at radius 1 is 1.00 bits per heavy atom. The number of hydrogen-bond donors (Lipinski definition) is 3. The molecule has 2 aromatic carbocycles. The number of anilines is 2. The summed E-state index contributed by atoms with van der Waals surface area (Å²) in [6.45, 7) is 12.4. The van der Waals surface area contributed by atoms with Crippen LogP contribution >= 0.6 is 0 Å². The molecule has 2 aromatic rings. The van der Waals surface area contributed by atoms with Gasteiger partial charge in [-0.15, -0.1) is 0 Å². The first-order valence-corrected chi connectivity index (χ1v) is 9.62. The number of benzene rings is 2. The molecule has 5 heteroatoms. The highest BCUT2D eigenvalue weighted by molar-refractivity contribution is 5.96. The first-order chi connectivity index (χ1) is 13.1. The Morgan fingerprint density at radius 2 is 1.64 bits per heavy atom. The van der Waals surface area contributed by atoms with Gasteiger partial charge in [0.25, 0.3) is 5.91 Å². The average molecular weight is 382 g/mol. The van der Waals surface area contributed by atoms with Crippen LogP contribution < -0.4 is 16.0 Å². The minimum absolute atomic E-state index is 0.0832. The molecule has 0 aromatic heterocycles. The molecular formula is C23H31N3O2. The van der Waals surface area contributed by atoms with E-state index in [0.717, 1.165) is 16.9 Å². The van der Waals surface area contributed by atoms with Gasteiger partial charge in [-0.05, 0) is 67.6 Å². The first kappa shape index (κ1) is 21.5. The minimum atomic E-state index is -0.121. The summed E-state index contributed by atoms with van der Waals surface area (Å²) < 4.78 is 0. The Bertz CT molecular complexity index is 834. The largest absolute Gasteiger partial charge is 0.376 e. The average Bonchev–Trinajstić information content (AvgIpc) is 2.59. The van der Waals surface area contributed by atoms with Gasteiger partial charge in [0.05, 0.1) is 6.54 Å². The summed E-state index contributed by atoms with van der Waals surface area (Å²) in [7, 11) is 0. The van der Waals surface area contributed by atoms with Crippen molar-refractivity contribution in [1.82, 2.24) is 5.32 Å². The van der Waals surface area contributed by atoms with E-state index in [2.05, 4.69) is 36.7 Å². The van der Waals surface area contributed by atoms with Crippen molar-refractivity contribution in [3.8, 4) is 0 Å². The van der Waals surface area contributed by atoms with E-state index in [1.54, 1.807) is 6.07 Å². The molecule has 0 saturated carbocycles. The van der Waals surface area contributed by atoms with Crippen LogP contribution in [0.3, 0.4) is 0 Å². The van der Waals surface area contributed by atoms with E-state index in [1.165, 1.54) is 5.56 Å². The maximum Gasteiger partial charge on any atom is 0.251 e. The molecule has 0 spiro atoms. The second-order valence-corrected chi connectivity index (χ2v) is 8.39. The van der Waals surface area contributed by atoms with Gasteiger partial charge in [0.2, 0.25) is 5.91 Å². The summed E-state index contributed by atoms with van der Waals surface area (Å²) in [6, 6.07) is 13.4. The number of hydrogen-bond acceptors (Lipinski definition) is 3. The van der Waals surface area contributed by atoms with E-state index in [1.807, 2.05) is 57.2 Å². The molecule has 0 atom stereocenters. The van der Waals surface area contributed by atoms with Crippen molar-refractivity contribution in [1.29, 1.82) is 0 Å². The van der Waals surface area contributed by atoms with Gasteiger partial charge in [-0.2, -0.15) is 0 Å². The Balaban J connectivity index is 1.93.